The van der Waals surface area contributed by atoms with E-state index in [1.165, 1.54) is 18.2 Å². The van der Waals surface area contributed by atoms with Gasteiger partial charge in [0.25, 0.3) is 5.69 Å². The normalized spacial score (nSPS) is 18.6. The molecule has 1 aliphatic rings. The molecule has 0 radical (unpaired) electrons. The molecule has 0 aliphatic carbocycles. The van der Waals surface area contributed by atoms with Gasteiger partial charge in [-0.1, -0.05) is 0 Å². The highest BCUT2D eigenvalue weighted by Crippen LogP contribution is 2.27. The molecule has 0 aromatic heterocycles. The third-order valence-corrected chi connectivity index (χ3v) is 3.51. The Bertz CT molecular complexity index is 517. The average Bonchev–Trinajstić information content (AvgIpc) is 2.42. The minimum atomic E-state index is -0.488. The Morgan fingerprint density at radius 3 is 3.00 bits per heavy atom. The molecular weight excluding hydrogens is 330 g/mol. The first-order valence-corrected chi connectivity index (χ1v) is 6.91. The first-order chi connectivity index (χ1) is 9.56. The highest BCUT2D eigenvalue weighted by atomic mass is 79.9. The van der Waals surface area contributed by atoms with E-state index >= 15 is 0 Å². The summed E-state index contributed by atoms with van der Waals surface area (Å²) in [5, 5.41) is 16.5. The summed E-state index contributed by atoms with van der Waals surface area (Å²) in [6.07, 6.45) is 0.108. The van der Waals surface area contributed by atoms with Crippen molar-refractivity contribution in [1.29, 1.82) is 0 Å². The number of nitrogens with zero attached hydrogens (tertiary/aromatic N) is 1. The predicted octanol–water partition coefficient (Wildman–Crippen LogP) is 1.67. The van der Waals surface area contributed by atoms with Crippen molar-refractivity contribution >= 4 is 33.2 Å². The molecule has 1 aliphatic heterocycles. The number of amides is 1. The van der Waals surface area contributed by atoms with Crippen molar-refractivity contribution in [3.05, 3.63) is 32.8 Å². The minimum absolute atomic E-state index is 0.0327. The number of anilines is 1. The summed E-state index contributed by atoms with van der Waals surface area (Å²) in [6.45, 7) is 2.04. The largest absolute Gasteiger partial charge is 0.375 e. The number of rotatable bonds is 4. The van der Waals surface area contributed by atoms with E-state index in [1.807, 2.05) is 0 Å². The van der Waals surface area contributed by atoms with Gasteiger partial charge in [0.1, 0.15) is 0 Å². The molecule has 20 heavy (non-hydrogen) atoms. The standard InChI is InChI=1S/C12H14BrN3O4/c13-10-5-8(16(18)19)1-2-11(10)15-12(17)6-9-7-14-3-4-20-9/h1-2,5,9,14H,3-4,6-7H2,(H,15,17). The third-order valence-electron chi connectivity index (χ3n) is 2.86. The number of morpholine rings is 1. The van der Waals surface area contributed by atoms with Crippen LogP contribution in [0.15, 0.2) is 22.7 Å². The highest BCUT2D eigenvalue weighted by molar-refractivity contribution is 9.10. The van der Waals surface area contributed by atoms with Gasteiger partial charge in [-0.05, 0) is 22.0 Å². The van der Waals surface area contributed by atoms with Crippen LogP contribution in [0.25, 0.3) is 0 Å². The number of nitro benzene ring substituents is 1. The molecule has 1 saturated heterocycles. The lowest BCUT2D eigenvalue weighted by Gasteiger charge is -2.23. The van der Waals surface area contributed by atoms with Crippen LogP contribution in [0.5, 0.6) is 0 Å². The lowest BCUT2D eigenvalue weighted by molar-refractivity contribution is -0.384. The number of ether oxygens (including phenoxy) is 1. The number of benzene rings is 1. The quantitative estimate of drug-likeness (QED) is 0.640. The number of nitro groups is 1. The number of carbonyl (C=O) groups excluding carboxylic acids is 1. The highest BCUT2D eigenvalue weighted by Gasteiger charge is 2.18. The maximum Gasteiger partial charge on any atom is 0.270 e. The van der Waals surface area contributed by atoms with Gasteiger partial charge >= 0.3 is 0 Å². The van der Waals surface area contributed by atoms with Crippen LogP contribution in [0.4, 0.5) is 11.4 Å². The maximum atomic E-state index is 11.9. The van der Waals surface area contributed by atoms with E-state index in [9.17, 15) is 14.9 Å². The van der Waals surface area contributed by atoms with Gasteiger partial charge in [-0.15, -0.1) is 0 Å². The van der Waals surface area contributed by atoms with Crippen molar-refractivity contribution in [2.75, 3.05) is 25.0 Å². The second-order valence-electron chi connectivity index (χ2n) is 4.37. The van der Waals surface area contributed by atoms with Crippen LogP contribution >= 0.6 is 15.9 Å². The lowest BCUT2D eigenvalue weighted by Crippen LogP contribution is -2.40. The Labute approximate surface area is 124 Å². The molecule has 108 valence electrons. The molecule has 1 aromatic carbocycles. The van der Waals surface area contributed by atoms with Gasteiger partial charge in [0.05, 0.1) is 29.7 Å². The summed E-state index contributed by atoms with van der Waals surface area (Å²) in [5.41, 5.74) is 0.471. The second-order valence-corrected chi connectivity index (χ2v) is 5.22. The smallest absolute Gasteiger partial charge is 0.270 e. The van der Waals surface area contributed by atoms with Gasteiger partial charge in [0.15, 0.2) is 0 Å². The van der Waals surface area contributed by atoms with Crippen LogP contribution in [0, 0.1) is 10.1 Å². The van der Waals surface area contributed by atoms with Gasteiger partial charge < -0.3 is 15.4 Å². The van der Waals surface area contributed by atoms with Gasteiger partial charge in [-0.25, -0.2) is 0 Å². The van der Waals surface area contributed by atoms with Crippen molar-refractivity contribution in [3.8, 4) is 0 Å². The summed E-state index contributed by atoms with van der Waals surface area (Å²) < 4.78 is 5.92. The van der Waals surface area contributed by atoms with Crippen LogP contribution in [0.1, 0.15) is 6.42 Å². The molecular formula is C12H14BrN3O4. The fraction of sp³-hybridized carbons (Fsp3) is 0.417. The van der Waals surface area contributed by atoms with Gasteiger partial charge in [-0.3, -0.25) is 14.9 Å². The van der Waals surface area contributed by atoms with Crippen LogP contribution in [0.3, 0.4) is 0 Å². The van der Waals surface area contributed by atoms with Gasteiger partial charge in [-0.2, -0.15) is 0 Å². The Balaban J connectivity index is 1.95. The molecule has 1 aromatic rings. The number of non-ortho nitro benzene ring substituents is 1. The molecule has 2 N–H and O–H groups in total. The number of carbonyl (C=O) groups is 1. The van der Waals surface area contributed by atoms with E-state index in [4.69, 9.17) is 4.74 Å². The molecule has 1 heterocycles. The van der Waals surface area contributed by atoms with Crippen LogP contribution in [0.2, 0.25) is 0 Å². The maximum absolute atomic E-state index is 11.9. The zero-order valence-electron chi connectivity index (χ0n) is 10.6. The van der Waals surface area contributed by atoms with E-state index in [0.717, 1.165) is 6.54 Å². The molecule has 0 saturated carbocycles. The van der Waals surface area contributed by atoms with Gasteiger partial charge in [0, 0.05) is 29.7 Å². The zero-order chi connectivity index (χ0) is 14.5. The van der Waals surface area contributed by atoms with Crippen molar-refractivity contribution in [2.45, 2.75) is 12.5 Å². The Hall–Kier alpha value is -1.51. The number of nitrogens with one attached hydrogen (secondary N) is 2. The third kappa shape index (κ3) is 3.99. The summed E-state index contributed by atoms with van der Waals surface area (Å²) in [5.74, 6) is -0.187. The summed E-state index contributed by atoms with van der Waals surface area (Å²) >= 11 is 3.21. The summed E-state index contributed by atoms with van der Waals surface area (Å²) in [6, 6.07) is 4.20. The zero-order valence-corrected chi connectivity index (χ0v) is 12.2. The Kier molecular flexibility index (Phi) is 5.05. The van der Waals surface area contributed by atoms with Gasteiger partial charge in [0.2, 0.25) is 5.91 Å². The monoisotopic (exact) mass is 343 g/mol. The fourth-order valence-corrected chi connectivity index (χ4v) is 2.34. The van der Waals surface area contributed by atoms with E-state index in [0.29, 0.717) is 23.3 Å². The molecule has 1 amide bonds. The summed E-state index contributed by atoms with van der Waals surface area (Å²) in [7, 11) is 0. The number of hydrogen-bond acceptors (Lipinski definition) is 5. The molecule has 1 fully saturated rings. The van der Waals surface area contributed by atoms with Crippen LogP contribution in [-0.4, -0.2) is 36.6 Å². The van der Waals surface area contributed by atoms with Crippen molar-refractivity contribution < 1.29 is 14.5 Å². The molecule has 8 heteroatoms. The molecule has 1 atom stereocenters. The van der Waals surface area contributed by atoms with Crippen LogP contribution in [-0.2, 0) is 9.53 Å². The molecule has 2 rings (SSSR count). The van der Waals surface area contributed by atoms with E-state index < -0.39 is 4.92 Å². The van der Waals surface area contributed by atoms with Crippen molar-refractivity contribution in [2.24, 2.45) is 0 Å². The summed E-state index contributed by atoms with van der Waals surface area (Å²) in [4.78, 5) is 22.0. The van der Waals surface area contributed by atoms with E-state index in [2.05, 4.69) is 26.6 Å². The SMILES string of the molecule is O=C(CC1CNCCO1)Nc1ccc([N+](=O)[O-])cc1Br. The Morgan fingerprint density at radius 2 is 2.40 bits per heavy atom. The van der Waals surface area contributed by atoms with Crippen LogP contribution < -0.4 is 10.6 Å². The topological polar surface area (TPSA) is 93.5 Å². The molecule has 1 unspecified atom stereocenters. The van der Waals surface area contributed by atoms with E-state index in [1.54, 1.807) is 0 Å². The lowest BCUT2D eigenvalue weighted by atomic mass is 10.2. The predicted molar refractivity (Wildman–Crippen MR) is 76.7 cm³/mol. The second kappa shape index (κ2) is 6.78. The fourth-order valence-electron chi connectivity index (χ4n) is 1.88. The average molecular weight is 344 g/mol. The minimum Gasteiger partial charge on any atom is -0.375 e. The molecule has 7 nitrogen and oxygen atoms in total. The van der Waals surface area contributed by atoms with Crippen molar-refractivity contribution in [3.63, 3.8) is 0 Å². The van der Waals surface area contributed by atoms with E-state index in [-0.39, 0.29) is 24.1 Å². The number of halogens is 1. The molecule has 0 spiro atoms. The number of hydrogen-bond donors (Lipinski definition) is 2. The van der Waals surface area contributed by atoms with Crippen molar-refractivity contribution in [1.82, 2.24) is 5.32 Å². The Morgan fingerprint density at radius 1 is 1.60 bits per heavy atom. The molecule has 0 bridgehead atoms. The first-order valence-electron chi connectivity index (χ1n) is 6.12. The first kappa shape index (κ1) is 14.9.